The fourth-order valence-corrected chi connectivity index (χ4v) is 6.67. The number of fused-ring (bicyclic) bond motifs is 3. The highest BCUT2D eigenvalue weighted by molar-refractivity contribution is 5.86. The van der Waals surface area contributed by atoms with Crippen LogP contribution in [0.3, 0.4) is 0 Å². The number of hydrogen-bond donors (Lipinski definition) is 0. The lowest BCUT2D eigenvalue weighted by atomic mass is 9.67. The smallest absolute Gasteiger partial charge is 0.160 e. The quantitative estimate of drug-likeness (QED) is 0.214. The summed E-state index contributed by atoms with van der Waals surface area (Å²) in [5.41, 5.74) is 12.2. The van der Waals surface area contributed by atoms with Gasteiger partial charge in [0.15, 0.2) is 5.82 Å². The van der Waals surface area contributed by atoms with E-state index >= 15 is 0 Å². The molecule has 7 aromatic rings. The molecule has 0 saturated heterocycles. The Morgan fingerprint density at radius 2 is 0.767 bits per heavy atom. The summed E-state index contributed by atoms with van der Waals surface area (Å²) in [4.78, 5) is 10.0. The van der Waals surface area contributed by atoms with Gasteiger partial charge in [0.1, 0.15) is 0 Å². The van der Waals surface area contributed by atoms with Crippen molar-refractivity contribution in [1.29, 1.82) is 0 Å². The molecule has 0 unspecified atom stereocenters. The second-order valence-corrected chi connectivity index (χ2v) is 11.0. The van der Waals surface area contributed by atoms with Crippen molar-refractivity contribution in [3.8, 4) is 45.0 Å². The minimum Gasteiger partial charge on any atom is -0.228 e. The lowest BCUT2D eigenvalue weighted by molar-refractivity contribution is 0.768. The Kier molecular flexibility index (Phi) is 6.05. The van der Waals surface area contributed by atoms with Crippen LogP contribution in [-0.4, -0.2) is 9.97 Å². The molecule has 2 heteroatoms. The summed E-state index contributed by atoms with van der Waals surface area (Å²) in [6.45, 7) is 0. The molecule has 8 rings (SSSR count). The first-order valence-electron chi connectivity index (χ1n) is 14.7. The highest BCUT2D eigenvalue weighted by Gasteiger charge is 2.45. The van der Waals surface area contributed by atoms with Crippen molar-refractivity contribution in [3.63, 3.8) is 0 Å². The van der Waals surface area contributed by atoms with Crippen LogP contribution in [-0.2, 0) is 5.41 Å². The molecule has 0 atom stereocenters. The van der Waals surface area contributed by atoms with Gasteiger partial charge in [-0.25, -0.2) is 9.97 Å². The van der Waals surface area contributed by atoms with Gasteiger partial charge in [0, 0.05) is 16.7 Å². The van der Waals surface area contributed by atoms with Gasteiger partial charge in [-0.05, 0) is 39.4 Å². The highest BCUT2D eigenvalue weighted by atomic mass is 14.9. The lowest BCUT2D eigenvalue weighted by Gasteiger charge is -2.34. The monoisotopic (exact) mass is 548 g/mol. The molecule has 0 fully saturated rings. The van der Waals surface area contributed by atoms with Gasteiger partial charge in [-0.2, -0.15) is 0 Å². The molecule has 1 aliphatic carbocycles. The first kappa shape index (κ1) is 25.1. The third-order valence-corrected chi connectivity index (χ3v) is 8.60. The van der Waals surface area contributed by atoms with Crippen LogP contribution in [0.15, 0.2) is 170 Å². The van der Waals surface area contributed by atoms with Gasteiger partial charge in [-0.15, -0.1) is 0 Å². The fourth-order valence-electron chi connectivity index (χ4n) is 6.67. The van der Waals surface area contributed by atoms with Crippen molar-refractivity contribution in [2.75, 3.05) is 0 Å². The molecule has 0 aliphatic heterocycles. The summed E-state index contributed by atoms with van der Waals surface area (Å²) in [6.07, 6.45) is 0. The zero-order chi connectivity index (χ0) is 28.6. The van der Waals surface area contributed by atoms with Gasteiger partial charge in [-0.3, -0.25) is 0 Å². The molecule has 0 amide bonds. The molecule has 43 heavy (non-hydrogen) atoms. The van der Waals surface area contributed by atoms with Gasteiger partial charge >= 0.3 is 0 Å². The van der Waals surface area contributed by atoms with Crippen molar-refractivity contribution in [1.82, 2.24) is 9.97 Å². The molecule has 0 spiro atoms. The van der Waals surface area contributed by atoms with Crippen LogP contribution in [0.5, 0.6) is 0 Å². The van der Waals surface area contributed by atoms with Crippen LogP contribution in [0.25, 0.3) is 45.0 Å². The molecule has 2 nitrogen and oxygen atoms in total. The summed E-state index contributed by atoms with van der Waals surface area (Å²) in [5, 5.41) is 0. The SMILES string of the molecule is c1ccc(-c2cc(-c3ccc(C4(c5ccccc5)c5ccccc5-c5ccccc54)cc3)nc(-c3ccccc3)n2)cc1. The summed E-state index contributed by atoms with van der Waals surface area (Å²) < 4.78 is 0. The topological polar surface area (TPSA) is 25.8 Å². The van der Waals surface area contributed by atoms with Gasteiger partial charge in [0.05, 0.1) is 16.8 Å². The van der Waals surface area contributed by atoms with Crippen LogP contribution in [0, 0.1) is 0 Å². The van der Waals surface area contributed by atoms with E-state index in [0.717, 1.165) is 33.9 Å². The Balaban J connectivity index is 1.31. The first-order chi connectivity index (χ1) is 21.3. The van der Waals surface area contributed by atoms with Crippen molar-refractivity contribution in [3.05, 3.63) is 192 Å². The average molecular weight is 549 g/mol. The maximum absolute atomic E-state index is 5.06. The van der Waals surface area contributed by atoms with Crippen molar-refractivity contribution >= 4 is 0 Å². The van der Waals surface area contributed by atoms with E-state index in [1.165, 1.54) is 33.4 Å². The van der Waals surface area contributed by atoms with Gasteiger partial charge in [-0.1, -0.05) is 164 Å². The van der Waals surface area contributed by atoms with E-state index in [0.29, 0.717) is 0 Å². The molecular formula is C41H28N2. The second kappa shape index (κ2) is 10.3. The second-order valence-electron chi connectivity index (χ2n) is 11.0. The van der Waals surface area contributed by atoms with Crippen LogP contribution >= 0.6 is 0 Å². The van der Waals surface area contributed by atoms with Crippen LogP contribution < -0.4 is 0 Å². The predicted molar refractivity (Wildman–Crippen MR) is 176 cm³/mol. The molecule has 1 aliphatic rings. The number of aromatic nitrogens is 2. The molecule has 0 N–H and O–H groups in total. The van der Waals surface area contributed by atoms with Gasteiger partial charge in [0.25, 0.3) is 0 Å². The van der Waals surface area contributed by atoms with Gasteiger partial charge < -0.3 is 0 Å². The van der Waals surface area contributed by atoms with E-state index < -0.39 is 5.41 Å². The molecule has 0 radical (unpaired) electrons. The molecule has 6 aromatic carbocycles. The highest BCUT2D eigenvalue weighted by Crippen LogP contribution is 2.56. The first-order valence-corrected chi connectivity index (χ1v) is 14.7. The molecular weight excluding hydrogens is 520 g/mol. The molecule has 0 saturated carbocycles. The largest absolute Gasteiger partial charge is 0.228 e. The van der Waals surface area contributed by atoms with E-state index in [2.05, 4.69) is 146 Å². The van der Waals surface area contributed by atoms with E-state index in [4.69, 9.17) is 9.97 Å². The van der Waals surface area contributed by atoms with E-state index in [1.807, 2.05) is 24.3 Å². The third-order valence-electron chi connectivity index (χ3n) is 8.60. The number of nitrogens with zero attached hydrogens (tertiary/aromatic N) is 2. The standard InChI is InChI=1S/C41H28N2/c1-4-14-29(15-5-1)38-28-39(43-40(42-38)31-16-6-2-7-17-31)30-24-26-33(27-25-30)41(32-18-8-3-9-19-32)36-22-12-10-20-34(36)35-21-11-13-23-37(35)41/h1-28H. The average Bonchev–Trinajstić information content (AvgIpc) is 3.40. The maximum atomic E-state index is 5.06. The molecule has 202 valence electrons. The summed E-state index contributed by atoms with van der Waals surface area (Å²) in [5.74, 6) is 0.723. The Labute approximate surface area is 252 Å². The fraction of sp³-hybridized carbons (Fsp3) is 0.0244. The van der Waals surface area contributed by atoms with Crippen molar-refractivity contribution < 1.29 is 0 Å². The number of benzene rings is 6. The zero-order valence-corrected chi connectivity index (χ0v) is 23.6. The zero-order valence-electron chi connectivity index (χ0n) is 23.6. The van der Waals surface area contributed by atoms with Crippen molar-refractivity contribution in [2.45, 2.75) is 5.41 Å². The van der Waals surface area contributed by atoms with Crippen LogP contribution in [0.1, 0.15) is 22.3 Å². The Bertz CT molecular complexity index is 1940. The summed E-state index contributed by atoms with van der Waals surface area (Å²) >= 11 is 0. The number of rotatable bonds is 5. The molecule has 1 heterocycles. The van der Waals surface area contributed by atoms with E-state index in [1.54, 1.807) is 0 Å². The molecule has 1 aromatic heterocycles. The summed E-state index contributed by atoms with van der Waals surface area (Å²) in [7, 11) is 0. The summed E-state index contributed by atoms with van der Waals surface area (Å²) in [6, 6.07) is 60.2. The normalized spacial score (nSPS) is 12.8. The third kappa shape index (κ3) is 4.11. The van der Waals surface area contributed by atoms with Gasteiger partial charge in [0.2, 0.25) is 0 Å². The van der Waals surface area contributed by atoms with Crippen molar-refractivity contribution in [2.24, 2.45) is 0 Å². The lowest BCUT2D eigenvalue weighted by Crippen LogP contribution is -2.28. The van der Waals surface area contributed by atoms with E-state index in [9.17, 15) is 0 Å². The van der Waals surface area contributed by atoms with Crippen LogP contribution in [0.4, 0.5) is 0 Å². The minimum atomic E-state index is -0.414. The Morgan fingerprint density at radius 1 is 0.349 bits per heavy atom. The van der Waals surface area contributed by atoms with Crippen LogP contribution in [0.2, 0.25) is 0 Å². The molecule has 0 bridgehead atoms. The Morgan fingerprint density at radius 3 is 1.33 bits per heavy atom. The predicted octanol–water partition coefficient (Wildman–Crippen LogP) is 9.84. The number of hydrogen-bond acceptors (Lipinski definition) is 2. The minimum absolute atomic E-state index is 0.414. The maximum Gasteiger partial charge on any atom is 0.160 e. The Hall–Kier alpha value is -5.60. The van der Waals surface area contributed by atoms with E-state index in [-0.39, 0.29) is 0 Å².